The summed E-state index contributed by atoms with van der Waals surface area (Å²) in [7, 11) is 0. The van der Waals surface area contributed by atoms with E-state index in [4.69, 9.17) is 30.4 Å². The van der Waals surface area contributed by atoms with E-state index in [1.54, 1.807) is 117 Å². The maximum absolute atomic E-state index is 13.2. The molecule has 3 aliphatic rings. The van der Waals surface area contributed by atoms with Gasteiger partial charge in [-0.1, -0.05) is 92.0 Å². The van der Waals surface area contributed by atoms with Crippen molar-refractivity contribution < 1.29 is 94.3 Å². The van der Waals surface area contributed by atoms with Crippen molar-refractivity contribution in [2.24, 2.45) is 17.6 Å². The Hall–Kier alpha value is -5.08. The number of aliphatic hydroxyl groups excluding tert-OH is 9. The van der Waals surface area contributed by atoms with E-state index in [1.807, 2.05) is 0 Å². The van der Waals surface area contributed by atoms with E-state index >= 15 is 0 Å². The van der Waals surface area contributed by atoms with Gasteiger partial charge in [-0.15, -0.1) is 0 Å². The Labute approximate surface area is 455 Å². The number of nitrogens with two attached hydrogens (primary N) is 2. The van der Waals surface area contributed by atoms with Gasteiger partial charge in [0.05, 0.1) is 73.6 Å². The molecule has 0 aromatic heterocycles. The second kappa shape index (κ2) is 32.9. The molecule has 21 nitrogen and oxygen atoms in total. The molecule has 78 heavy (non-hydrogen) atoms. The first-order valence-corrected chi connectivity index (χ1v) is 26.5. The van der Waals surface area contributed by atoms with Crippen LogP contribution in [0.3, 0.4) is 0 Å². The van der Waals surface area contributed by atoms with Crippen LogP contribution >= 0.6 is 0 Å². The Kier molecular flexibility index (Phi) is 27.6. The van der Waals surface area contributed by atoms with Crippen molar-refractivity contribution in [3.63, 3.8) is 0 Å². The average Bonchev–Trinajstić information content (AvgIpc) is 3.37. The van der Waals surface area contributed by atoms with Gasteiger partial charge in [-0.05, 0) is 63.3 Å². The summed E-state index contributed by atoms with van der Waals surface area (Å²) in [5.41, 5.74) is 13.2. The summed E-state index contributed by atoms with van der Waals surface area (Å²) in [4.78, 5) is 51.4. The van der Waals surface area contributed by atoms with E-state index in [9.17, 15) is 75.3 Å². The van der Waals surface area contributed by atoms with Crippen molar-refractivity contribution in [2.45, 2.75) is 195 Å². The highest BCUT2D eigenvalue weighted by Crippen LogP contribution is 2.38. The lowest BCUT2D eigenvalue weighted by Gasteiger charge is -2.45. The second-order valence-electron chi connectivity index (χ2n) is 20.7. The summed E-state index contributed by atoms with van der Waals surface area (Å²) < 4.78 is 23.5. The minimum Gasteiger partial charge on any atom is -0.481 e. The van der Waals surface area contributed by atoms with Crippen LogP contribution < -0.4 is 11.5 Å². The van der Waals surface area contributed by atoms with Gasteiger partial charge in [0, 0.05) is 68.2 Å². The van der Waals surface area contributed by atoms with Crippen LogP contribution in [0.15, 0.2) is 109 Å². The van der Waals surface area contributed by atoms with Crippen molar-refractivity contribution >= 4 is 29.2 Å². The van der Waals surface area contributed by atoms with E-state index in [0.29, 0.717) is 11.3 Å². The first kappa shape index (κ1) is 65.4. The lowest BCUT2D eigenvalue weighted by atomic mass is 9.82. The number of anilines is 1. The topological polar surface area (TPSA) is 380 Å². The second-order valence-corrected chi connectivity index (χ2v) is 20.7. The lowest BCUT2D eigenvalue weighted by Crippen LogP contribution is -2.56. The van der Waals surface area contributed by atoms with E-state index in [-0.39, 0.29) is 37.9 Å². The maximum Gasteiger partial charge on any atom is 0.311 e. The highest BCUT2D eigenvalue weighted by Gasteiger charge is 2.50. The third kappa shape index (κ3) is 23.3. The average molecular weight is 1100 g/mol. The smallest absolute Gasteiger partial charge is 0.311 e. The van der Waals surface area contributed by atoms with Crippen molar-refractivity contribution in [3.05, 3.63) is 115 Å². The summed E-state index contributed by atoms with van der Waals surface area (Å²) >= 11 is 0. The van der Waals surface area contributed by atoms with Crippen LogP contribution in [-0.4, -0.2) is 177 Å². The monoisotopic (exact) mass is 1100 g/mol. The molecule has 15 N–H and O–H groups in total. The van der Waals surface area contributed by atoms with Gasteiger partial charge in [0.2, 0.25) is 0 Å². The van der Waals surface area contributed by atoms with Crippen LogP contribution in [0.2, 0.25) is 0 Å². The fraction of sp³-hybridized carbons (Fsp3) is 0.579. The first-order valence-electron chi connectivity index (χ1n) is 26.5. The molecule has 0 aliphatic carbocycles. The number of carbonyl (C=O) groups is 4. The van der Waals surface area contributed by atoms with Gasteiger partial charge in [0.15, 0.2) is 17.9 Å². The molecule has 21 heteroatoms. The van der Waals surface area contributed by atoms with Crippen LogP contribution in [0.5, 0.6) is 0 Å². The van der Waals surface area contributed by atoms with Crippen LogP contribution in [0.25, 0.3) is 0 Å². The number of nitrogen functional groups attached to an aromatic ring is 1. The molecule has 0 radical (unpaired) electrons. The number of allylic oxidation sites excluding steroid dienone is 12. The fourth-order valence-corrected chi connectivity index (χ4v) is 9.56. The number of ketones is 2. The summed E-state index contributed by atoms with van der Waals surface area (Å²) in [6.45, 7) is 3.35. The maximum atomic E-state index is 13.2. The Morgan fingerprint density at radius 1 is 0.679 bits per heavy atom. The van der Waals surface area contributed by atoms with E-state index < -0.39 is 178 Å². The molecule has 1 aromatic rings. The molecule has 0 amide bonds. The molecule has 2 saturated heterocycles. The molecule has 4 rings (SSSR count). The predicted octanol–water partition coefficient (Wildman–Crippen LogP) is 2.04. The van der Waals surface area contributed by atoms with Gasteiger partial charge < -0.3 is 86.6 Å². The third-order valence-corrected chi connectivity index (χ3v) is 13.6. The van der Waals surface area contributed by atoms with E-state index in [1.165, 1.54) is 6.08 Å². The van der Waals surface area contributed by atoms with Crippen molar-refractivity contribution in [1.82, 2.24) is 0 Å². The number of ether oxygens (including phenoxy) is 4. The molecular formula is C57H82N2O19. The molecule has 0 spiro atoms. The molecule has 2 bridgehead atoms. The number of aliphatic hydroxyl groups is 10. The first-order chi connectivity index (χ1) is 36.9. The van der Waals surface area contributed by atoms with E-state index in [2.05, 4.69) is 0 Å². The number of benzene rings is 1. The molecule has 18 atom stereocenters. The van der Waals surface area contributed by atoms with Gasteiger partial charge in [-0.3, -0.25) is 19.2 Å². The number of hydrogen-bond acceptors (Lipinski definition) is 20. The number of carboxylic acids is 1. The summed E-state index contributed by atoms with van der Waals surface area (Å²) in [5.74, 6) is -7.66. The van der Waals surface area contributed by atoms with Crippen molar-refractivity contribution in [3.8, 4) is 0 Å². The summed E-state index contributed by atoms with van der Waals surface area (Å²) in [5, 5.41) is 119. The Morgan fingerprint density at radius 2 is 1.23 bits per heavy atom. The normalized spacial score (nSPS) is 37.8. The number of hydrogen-bond donors (Lipinski definition) is 13. The molecule has 1 aromatic carbocycles. The van der Waals surface area contributed by atoms with Crippen LogP contribution in [0.4, 0.5) is 5.69 Å². The van der Waals surface area contributed by atoms with Crippen LogP contribution in [-0.2, 0) is 33.3 Å². The van der Waals surface area contributed by atoms with Crippen LogP contribution in [0, 0.1) is 11.8 Å². The number of carbonyl (C=O) groups excluding carboxylic acids is 3. The largest absolute Gasteiger partial charge is 0.481 e. The molecule has 434 valence electrons. The Morgan fingerprint density at radius 3 is 1.83 bits per heavy atom. The molecule has 2 fully saturated rings. The lowest BCUT2D eigenvalue weighted by molar-refractivity contribution is -0.307. The van der Waals surface area contributed by atoms with Crippen LogP contribution in [0.1, 0.15) is 108 Å². The number of esters is 1. The quantitative estimate of drug-likeness (QED) is 0.0905. The summed E-state index contributed by atoms with van der Waals surface area (Å²) in [6.07, 6.45) is 1.64. The summed E-state index contributed by atoms with van der Waals surface area (Å²) in [6, 6.07) is 5.47. The number of carboxylic acid groups (broad SMARTS) is 1. The van der Waals surface area contributed by atoms with Gasteiger partial charge >= 0.3 is 11.9 Å². The number of fused-ring (bicyclic) bond motifs is 2. The number of aliphatic carboxylic acids is 1. The predicted molar refractivity (Wildman–Crippen MR) is 285 cm³/mol. The fourth-order valence-electron chi connectivity index (χ4n) is 9.56. The number of cyclic esters (lactones) is 1. The van der Waals surface area contributed by atoms with Crippen molar-refractivity contribution in [2.75, 3.05) is 5.73 Å². The molecule has 3 aliphatic heterocycles. The standard InChI is InChI=1S/C57H82N2O19/c1-34-15-13-11-9-7-5-3-4-6-8-10-12-14-16-45(76-56-49(69)31-47(67)35(2)75-56)30-51-53(55(72)73)50(70)33-57(74,78-51)32-44(66)27-42(64)25-40(62)23-39(61)24-41(63)26-43(65)29-52(71)77-54(34)46(59)22-21-38(60)28-48(68)36-17-19-37(58)20-18-36/h3-20,34-35,38-40,42-47,49-51,53-54,56,60-62,64-67,69-70,74H,21-33,58-59H2,1-2H3,(H,72,73)/b4-3-,7-5-,8-6+,11-9+,12-10+,15-13+,16-14+/t34-,35+,38?,39+,40-,42-,43+,44-,45-,46-,47-,49-,50-,51-,53+,54-,56-,57+/m0/s1. The molecule has 0 saturated carbocycles. The minimum atomic E-state index is -2.32. The Bertz CT molecular complexity index is 2250. The number of Topliss-reactive ketones (excluding diaryl/α,β-unsaturated/α-hetero) is 2. The number of rotatable bonds is 10. The zero-order valence-electron chi connectivity index (χ0n) is 44.2. The van der Waals surface area contributed by atoms with Gasteiger partial charge in [-0.25, -0.2) is 0 Å². The van der Waals surface area contributed by atoms with Gasteiger partial charge in [0.1, 0.15) is 23.9 Å². The Balaban J connectivity index is 1.53. The molecule has 3 heterocycles. The van der Waals surface area contributed by atoms with Gasteiger partial charge in [0.25, 0.3) is 0 Å². The molecule has 1 unspecified atom stereocenters. The molecular weight excluding hydrogens is 1020 g/mol. The highest BCUT2D eigenvalue weighted by atomic mass is 16.7. The van der Waals surface area contributed by atoms with Gasteiger partial charge in [-0.2, -0.15) is 0 Å². The van der Waals surface area contributed by atoms with Crippen molar-refractivity contribution in [1.29, 1.82) is 0 Å². The zero-order valence-corrected chi connectivity index (χ0v) is 44.2. The van der Waals surface area contributed by atoms with E-state index in [0.717, 1.165) is 0 Å². The SMILES string of the molecule is C[C@H]1/C=C/C=C/C=C\C=C/C=C/C=C/C=C/[C@H](O[C@@H]2O[C@H](C)[C@@H](O)C[C@@H]2O)C[C@@H]2O[C@](O)(C[C@@H](O)C[C@@H](O)C[C@@H](O)C[C@@H](O)CC(=O)C[C@@H](O)CC(=O)O[C@@H]1[C@@H](N)CCC(O)CC(=O)c1ccc(N)cc1)C[C@H](O)[C@H]2C(=O)O. The minimum absolute atomic E-state index is 0.0740. The highest BCUT2D eigenvalue weighted by molar-refractivity contribution is 5.96. The third-order valence-electron chi connectivity index (χ3n) is 13.6. The zero-order chi connectivity index (χ0) is 57.5.